The van der Waals surface area contributed by atoms with E-state index in [2.05, 4.69) is 21.3 Å². The van der Waals surface area contributed by atoms with Crippen LogP contribution in [0.3, 0.4) is 0 Å². The Kier molecular flexibility index (Phi) is 6.01. The number of amides is 2. The van der Waals surface area contributed by atoms with Crippen LogP contribution in [-0.4, -0.2) is 50.1 Å². The zero-order chi connectivity index (χ0) is 14.2. The summed E-state index contributed by atoms with van der Waals surface area (Å²) < 4.78 is 0. The van der Waals surface area contributed by atoms with Gasteiger partial charge in [-0.15, -0.1) is 0 Å². The van der Waals surface area contributed by atoms with Crippen molar-refractivity contribution in [3.05, 3.63) is 12.2 Å². The maximum atomic E-state index is 11.8. The molecule has 0 spiro atoms. The lowest BCUT2D eigenvalue weighted by Gasteiger charge is -2.23. The minimum atomic E-state index is -0.143. The largest absolute Gasteiger partial charge is 0.353 e. The first-order valence-corrected chi connectivity index (χ1v) is 7.44. The van der Waals surface area contributed by atoms with Gasteiger partial charge in [-0.2, -0.15) is 0 Å². The van der Waals surface area contributed by atoms with Crippen LogP contribution in [-0.2, 0) is 9.59 Å². The third kappa shape index (κ3) is 4.61. The van der Waals surface area contributed by atoms with Crippen molar-refractivity contribution in [1.29, 1.82) is 0 Å². The van der Waals surface area contributed by atoms with Crippen LogP contribution >= 0.6 is 0 Å². The van der Waals surface area contributed by atoms with E-state index in [4.69, 9.17) is 0 Å². The van der Waals surface area contributed by atoms with Gasteiger partial charge >= 0.3 is 0 Å². The summed E-state index contributed by atoms with van der Waals surface area (Å²) in [4.78, 5) is 23.6. The van der Waals surface area contributed by atoms with Crippen molar-refractivity contribution in [2.24, 2.45) is 0 Å². The SMILES string of the molecule is O=C(NCCNC(=O)C1CCCCN1)C1CC=CCN1. The van der Waals surface area contributed by atoms with Gasteiger partial charge in [0.15, 0.2) is 0 Å². The number of hydrogen-bond acceptors (Lipinski definition) is 4. The van der Waals surface area contributed by atoms with E-state index in [0.717, 1.165) is 38.8 Å². The lowest BCUT2D eigenvalue weighted by molar-refractivity contribution is -0.125. The van der Waals surface area contributed by atoms with E-state index in [0.29, 0.717) is 13.1 Å². The first kappa shape index (κ1) is 15.0. The molecule has 112 valence electrons. The van der Waals surface area contributed by atoms with Crippen LogP contribution in [0.15, 0.2) is 12.2 Å². The normalized spacial score (nSPS) is 26.0. The van der Waals surface area contributed by atoms with Crippen molar-refractivity contribution in [2.75, 3.05) is 26.2 Å². The number of hydrogen-bond donors (Lipinski definition) is 4. The first-order chi connectivity index (χ1) is 9.77. The van der Waals surface area contributed by atoms with Crippen LogP contribution in [0, 0.1) is 0 Å². The summed E-state index contributed by atoms with van der Waals surface area (Å²) in [5, 5.41) is 12.0. The van der Waals surface area contributed by atoms with E-state index in [1.807, 2.05) is 12.2 Å². The minimum Gasteiger partial charge on any atom is -0.353 e. The highest BCUT2D eigenvalue weighted by Gasteiger charge is 2.20. The molecule has 0 radical (unpaired) electrons. The van der Waals surface area contributed by atoms with Crippen LogP contribution in [0.5, 0.6) is 0 Å². The lowest BCUT2D eigenvalue weighted by Crippen LogP contribution is -2.50. The second-order valence-electron chi connectivity index (χ2n) is 5.25. The van der Waals surface area contributed by atoms with Crippen molar-refractivity contribution in [3.8, 4) is 0 Å². The Morgan fingerprint density at radius 2 is 1.75 bits per heavy atom. The Morgan fingerprint density at radius 3 is 2.35 bits per heavy atom. The second kappa shape index (κ2) is 8.01. The fourth-order valence-corrected chi connectivity index (χ4v) is 2.50. The zero-order valence-corrected chi connectivity index (χ0v) is 11.8. The van der Waals surface area contributed by atoms with Crippen LogP contribution in [0.1, 0.15) is 25.7 Å². The van der Waals surface area contributed by atoms with Crippen LogP contribution in [0.4, 0.5) is 0 Å². The maximum absolute atomic E-state index is 11.8. The van der Waals surface area contributed by atoms with Gasteiger partial charge in [0.05, 0.1) is 12.1 Å². The minimum absolute atomic E-state index is 0.000564. The number of nitrogens with one attached hydrogen (secondary N) is 4. The Balaban J connectivity index is 1.57. The van der Waals surface area contributed by atoms with Crippen LogP contribution in [0.2, 0.25) is 0 Å². The second-order valence-corrected chi connectivity index (χ2v) is 5.25. The van der Waals surface area contributed by atoms with Crippen molar-refractivity contribution < 1.29 is 9.59 Å². The summed E-state index contributed by atoms with van der Waals surface area (Å²) in [5.74, 6) is 0.0389. The monoisotopic (exact) mass is 280 g/mol. The van der Waals surface area contributed by atoms with Gasteiger partial charge in [0.1, 0.15) is 0 Å². The van der Waals surface area contributed by atoms with E-state index in [9.17, 15) is 9.59 Å². The van der Waals surface area contributed by atoms with E-state index in [-0.39, 0.29) is 23.9 Å². The van der Waals surface area contributed by atoms with Crippen molar-refractivity contribution >= 4 is 11.8 Å². The number of carbonyl (C=O) groups excluding carboxylic acids is 2. The molecule has 1 saturated heterocycles. The highest BCUT2D eigenvalue weighted by molar-refractivity contribution is 5.83. The number of carbonyl (C=O) groups is 2. The van der Waals surface area contributed by atoms with E-state index in [1.165, 1.54) is 0 Å². The summed E-state index contributed by atoms with van der Waals surface area (Å²) in [6.45, 7) is 2.60. The zero-order valence-electron chi connectivity index (χ0n) is 11.8. The molecular formula is C14H24N4O2. The molecule has 0 bridgehead atoms. The van der Waals surface area contributed by atoms with Crippen molar-refractivity contribution in [1.82, 2.24) is 21.3 Å². The Labute approximate surface area is 119 Å². The Bertz CT molecular complexity index is 364. The molecular weight excluding hydrogens is 256 g/mol. The predicted molar refractivity (Wildman–Crippen MR) is 77.2 cm³/mol. The van der Waals surface area contributed by atoms with Gasteiger partial charge in [0, 0.05) is 19.6 Å². The molecule has 2 rings (SSSR count). The standard InChI is InChI=1S/C14H24N4O2/c19-13(11-5-1-3-7-15-11)17-9-10-18-14(20)12-6-2-4-8-16-12/h1,3,11-12,15-16H,2,4-10H2,(H,17,19)(H,18,20). The molecule has 4 N–H and O–H groups in total. The fourth-order valence-electron chi connectivity index (χ4n) is 2.50. The molecule has 2 aliphatic heterocycles. The average molecular weight is 280 g/mol. The lowest BCUT2D eigenvalue weighted by atomic mass is 10.0. The van der Waals surface area contributed by atoms with E-state index < -0.39 is 0 Å². The van der Waals surface area contributed by atoms with E-state index in [1.54, 1.807) is 0 Å². The highest BCUT2D eigenvalue weighted by atomic mass is 16.2. The Morgan fingerprint density at radius 1 is 1.00 bits per heavy atom. The summed E-state index contributed by atoms with van der Waals surface area (Å²) >= 11 is 0. The van der Waals surface area contributed by atoms with Gasteiger partial charge in [0.2, 0.25) is 11.8 Å². The topological polar surface area (TPSA) is 82.3 Å². The Hall–Kier alpha value is -1.40. The highest BCUT2D eigenvalue weighted by Crippen LogP contribution is 2.06. The van der Waals surface area contributed by atoms with Crippen LogP contribution in [0.25, 0.3) is 0 Å². The van der Waals surface area contributed by atoms with Gasteiger partial charge in [-0.05, 0) is 25.8 Å². The van der Waals surface area contributed by atoms with Gasteiger partial charge in [0.25, 0.3) is 0 Å². The van der Waals surface area contributed by atoms with Gasteiger partial charge < -0.3 is 21.3 Å². The molecule has 1 fully saturated rings. The molecule has 2 heterocycles. The molecule has 0 saturated carbocycles. The molecule has 2 unspecified atom stereocenters. The maximum Gasteiger partial charge on any atom is 0.237 e. The van der Waals surface area contributed by atoms with Crippen molar-refractivity contribution in [2.45, 2.75) is 37.8 Å². The number of rotatable bonds is 5. The molecule has 0 aromatic rings. The quantitative estimate of drug-likeness (QED) is 0.396. The van der Waals surface area contributed by atoms with E-state index >= 15 is 0 Å². The first-order valence-electron chi connectivity index (χ1n) is 7.44. The third-order valence-electron chi connectivity index (χ3n) is 3.69. The fraction of sp³-hybridized carbons (Fsp3) is 0.714. The molecule has 6 heteroatoms. The number of piperidine rings is 1. The molecule has 6 nitrogen and oxygen atoms in total. The molecule has 0 aliphatic carbocycles. The summed E-state index contributed by atoms with van der Waals surface area (Å²) in [5.41, 5.74) is 0. The molecule has 0 aromatic heterocycles. The van der Waals surface area contributed by atoms with Gasteiger partial charge in [-0.3, -0.25) is 9.59 Å². The average Bonchev–Trinajstić information content (AvgIpc) is 2.53. The molecule has 2 aliphatic rings. The molecule has 0 aromatic carbocycles. The smallest absolute Gasteiger partial charge is 0.237 e. The molecule has 20 heavy (non-hydrogen) atoms. The van der Waals surface area contributed by atoms with Gasteiger partial charge in [-0.25, -0.2) is 0 Å². The summed E-state index contributed by atoms with van der Waals surface area (Å²) in [7, 11) is 0. The summed E-state index contributed by atoms with van der Waals surface area (Å²) in [6.07, 6.45) is 7.89. The summed E-state index contributed by atoms with van der Waals surface area (Å²) in [6, 6.07) is -0.208. The third-order valence-corrected chi connectivity index (χ3v) is 3.69. The predicted octanol–water partition coefficient (Wildman–Crippen LogP) is -0.721. The molecule has 2 atom stereocenters. The van der Waals surface area contributed by atoms with Gasteiger partial charge in [-0.1, -0.05) is 18.6 Å². The van der Waals surface area contributed by atoms with Crippen LogP contribution < -0.4 is 21.3 Å². The van der Waals surface area contributed by atoms with Crippen molar-refractivity contribution in [3.63, 3.8) is 0 Å². The molecule has 2 amide bonds.